The number of ether oxygens (including phenoxy) is 2. The van der Waals surface area contributed by atoms with Crippen molar-refractivity contribution in [3.8, 4) is 5.75 Å². The molecule has 2 rings (SSSR count). The third kappa shape index (κ3) is 4.05. The van der Waals surface area contributed by atoms with Crippen molar-refractivity contribution in [3.05, 3.63) is 36.2 Å². The SMILES string of the molecule is CCOc1ccc(NC(=O)Cn2cc(C(=O)OC)nn2)cc1. The number of carbonyl (C=O) groups is 2. The maximum atomic E-state index is 11.9. The topological polar surface area (TPSA) is 95.3 Å². The molecular formula is C14H16N4O4. The number of anilines is 1. The standard InChI is InChI=1S/C14H16N4O4/c1-3-22-11-6-4-10(5-7-11)15-13(19)9-18-8-12(16-17-18)14(20)21-2/h4-8H,3,9H2,1-2H3,(H,15,19). The molecule has 1 N–H and O–H groups in total. The van der Waals surface area contributed by atoms with Crippen LogP contribution < -0.4 is 10.1 Å². The minimum atomic E-state index is -0.599. The van der Waals surface area contributed by atoms with Gasteiger partial charge in [0.25, 0.3) is 0 Å². The van der Waals surface area contributed by atoms with Crippen LogP contribution in [0.2, 0.25) is 0 Å². The van der Waals surface area contributed by atoms with Crippen LogP contribution in [0.1, 0.15) is 17.4 Å². The highest BCUT2D eigenvalue weighted by molar-refractivity contribution is 5.90. The lowest BCUT2D eigenvalue weighted by Gasteiger charge is -2.06. The normalized spacial score (nSPS) is 10.1. The van der Waals surface area contributed by atoms with Crippen molar-refractivity contribution in [2.45, 2.75) is 13.5 Å². The van der Waals surface area contributed by atoms with Crippen LogP contribution in [-0.2, 0) is 16.1 Å². The number of nitrogens with one attached hydrogen (secondary N) is 1. The van der Waals surface area contributed by atoms with Gasteiger partial charge in [0.05, 0.1) is 19.9 Å². The summed E-state index contributed by atoms with van der Waals surface area (Å²) in [5.41, 5.74) is 0.693. The van der Waals surface area contributed by atoms with Gasteiger partial charge in [0, 0.05) is 5.69 Å². The summed E-state index contributed by atoms with van der Waals surface area (Å²) >= 11 is 0. The van der Waals surface area contributed by atoms with Gasteiger partial charge in [-0.3, -0.25) is 4.79 Å². The van der Waals surface area contributed by atoms with Crippen LogP contribution in [0, 0.1) is 0 Å². The Kier molecular flexibility index (Phi) is 5.07. The van der Waals surface area contributed by atoms with E-state index in [9.17, 15) is 9.59 Å². The molecule has 1 aromatic heterocycles. The van der Waals surface area contributed by atoms with Gasteiger partial charge in [0.2, 0.25) is 5.91 Å². The van der Waals surface area contributed by atoms with Crippen molar-refractivity contribution in [2.75, 3.05) is 19.0 Å². The molecule has 116 valence electrons. The van der Waals surface area contributed by atoms with E-state index in [0.29, 0.717) is 12.3 Å². The van der Waals surface area contributed by atoms with Gasteiger partial charge < -0.3 is 14.8 Å². The Morgan fingerprint density at radius 1 is 1.27 bits per heavy atom. The number of rotatable bonds is 6. The molecular weight excluding hydrogens is 288 g/mol. The Hall–Kier alpha value is -2.90. The lowest BCUT2D eigenvalue weighted by atomic mass is 10.3. The number of nitrogens with zero attached hydrogens (tertiary/aromatic N) is 3. The Morgan fingerprint density at radius 3 is 2.64 bits per heavy atom. The highest BCUT2D eigenvalue weighted by atomic mass is 16.5. The molecule has 1 aromatic carbocycles. The zero-order valence-electron chi connectivity index (χ0n) is 12.3. The molecule has 0 saturated carbocycles. The largest absolute Gasteiger partial charge is 0.494 e. The molecule has 8 heteroatoms. The number of benzene rings is 1. The van der Waals surface area contributed by atoms with Crippen molar-refractivity contribution >= 4 is 17.6 Å². The summed E-state index contributed by atoms with van der Waals surface area (Å²) in [6.07, 6.45) is 1.35. The first kappa shape index (κ1) is 15.5. The van der Waals surface area contributed by atoms with Crippen LogP contribution in [0.4, 0.5) is 5.69 Å². The van der Waals surface area contributed by atoms with E-state index in [1.54, 1.807) is 24.3 Å². The van der Waals surface area contributed by atoms with E-state index in [2.05, 4.69) is 20.4 Å². The molecule has 8 nitrogen and oxygen atoms in total. The van der Waals surface area contributed by atoms with Gasteiger partial charge in [-0.05, 0) is 31.2 Å². The summed E-state index contributed by atoms with van der Waals surface area (Å²) in [4.78, 5) is 23.1. The van der Waals surface area contributed by atoms with E-state index < -0.39 is 5.97 Å². The van der Waals surface area contributed by atoms with Crippen molar-refractivity contribution < 1.29 is 19.1 Å². The maximum absolute atomic E-state index is 11.9. The molecule has 0 atom stereocenters. The minimum absolute atomic E-state index is 0.0522. The molecule has 0 bridgehead atoms. The Bertz CT molecular complexity index is 651. The predicted octanol–water partition coefficient (Wildman–Crippen LogP) is 1.10. The van der Waals surface area contributed by atoms with Crippen LogP contribution in [0.5, 0.6) is 5.75 Å². The van der Waals surface area contributed by atoms with Gasteiger partial charge in [0.1, 0.15) is 12.3 Å². The fourth-order valence-corrected chi connectivity index (χ4v) is 1.72. The van der Waals surface area contributed by atoms with E-state index in [1.807, 2.05) is 6.92 Å². The second-order valence-electron chi connectivity index (χ2n) is 4.30. The average molecular weight is 304 g/mol. The molecule has 1 amide bonds. The molecule has 1 heterocycles. The summed E-state index contributed by atoms with van der Waals surface area (Å²) in [6.45, 7) is 2.42. The van der Waals surface area contributed by atoms with Crippen molar-refractivity contribution in [1.29, 1.82) is 0 Å². The van der Waals surface area contributed by atoms with Gasteiger partial charge >= 0.3 is 5.97 Å². The zero-order chi connectivity index (χ0) is 15.9. The van der Waals surface area contributed by atoms with Crippen LogP contribution >= 0.6 is 0 Å². The monoisotopic (exact) mass is 304 g/mol. The Balaban J connectivity index is 1.92. The first-order valence-electron chi connectivity index (χ1n) is 6.63. The van der Waals surface area contributed by atoms with E-state index in [0.717, 1.165) is 5.75 Å². The van der Waals surface area contributed by atoms with Crippen LogP contribution in [-0.4, -0.2) is 40.6 Å². The molecule has 0 unspecified atom stereocenters. The molecule has 0 aliphatic heterocycles. The molecule has 0 saturated heterocycles. The number of aromatic nitrogens is 3. The lowest BCUT2D eigenvalue weighted by molar-refractivity contribution is -0.116. The Morgan fingerprint density at radius 2 is 2.00 bits per heavy atom. The summed E-state index contributed by atoms with van der Waals surface area (Å²) in [5, 5.41) is 10.0. The number of hydrogen-bond donors (Lipinski definition) is 1. The Labute approximate surface area is 127 Å². The van der Waals surface area contributed by atoms with Crippen molar-refractivity contribution in [1.82, 2.24) is 15.0 Å². The average Bonchev–Trinajstić information content (AvgIpc) is 2.97. The summed E-state index contributed by atoms with van der Waals surface area (Å²) in [6, 6.07) is 7.02. The molecule has 0 fully saturated rings. The number of amides is 1. The van der Waals surface area contributed by atoms with E-state index in [-0.39, 0.29) is 18.1 Å². The second kappa shape index (κ2) is 7.21. The fraction of sp³-hybridized carbons (Fsp3) is 0.286. The van der Waals surface area contributed by atoms with E-state index in [4.69, 9.17) is 4.74 Å². The summed E-state index contributed by atoms with van der Waals surface area (Å²) in [5.74, 6) is -0.150. The number of methoxy groups -OCH3 is 1. The van der Waals surface area contributed by atoms with Gasteiger partial charge in [-0.25, -0.2) is 9.48 Å². The number of carbonyl (C=O) groups excluding carboxylic acids is 2. The van der Waals surface area contributed by atoms with E-state index in [1.165, 1.54) is 18.0 Å². The third-order valence-corrected chi connectivity index (χ3v) is 2.69. The van der Waals surface area contributed by atoms with Crippen LogP contribution in [0.15, 0.2) is 30.5 Å². The quantitative estimate of drug-likeness (QED) is 0.803. The van der Waals surface area contributed by atoms with Crippen LogP contribution in [0.3, 0.4) is 0 Å². The lowest BCUT2D eigenvalue weighted by Crippen LogP contribution is -2.19. The molecule has 2 aromatic rings. The molecule has 0 aliphatic rings. The first-order valence-corrected chi connectivity index (χ1v) is 6.63. The summed E-state index contributed by atoms with van der Waals surface area (Å²) in [7, 11) is 1.25. The van der Waals surface area contributed by atoms with Gasteiger partial charge in [-0.15, -0.1) is 5.10 Å². The zero-order valence-corrected chi connectivity index (χ0v) is 12.3. The van der Waals surface area contributed by atoms with Crippen LogP contribution in [0.25, 0.3) is 0 Å². The van der Waals surface area contributed by atoms with Gasteiger partial charge in [0.15, 0.2) is 5.69 Å². The molecule has 0 radical (unpaired) electrons. The highest BCUT2D eigenvalue weighted by Gasteiger charge is 2.12. The number of hydrogen-bond acceptors (Lipinski definition) is 6. The summed E-state index contributed by atoms with van der Waals surface area (Å²) < 4.78 is 11.1. The van der Waals surface area contributed by atoms with E-state index >= 15 is 0 Å². The predicted molar refractivity (Wildman–Crippen MR) is 77.6 cm³/mol. The van der Waals surface area contributed by atoms with Gasteiger partial charge in [-0.1, -0.05) is 5.21 Å². The van der Waals surface area contributed by atoms with Crippen molar-refractivity contribution in [3.63, 3.8) is 0 Å². The maximum Gasteiger partial charge on any atom is 0.360 e. The minimum Gasteiger partial charge on any atom is -0.494 e. The highest BCUT2D eigenvalue weighted by Crippen LogP contribution is 2.15. The van der Waals surface area contributed by atoms with Gasteiger partial charge in [-0.2, -0.15) is 0 Å². The molecule has 0 aliphatic carbocycles. The molecule has 22 heavy (non-hydrogen) atoms. The van der Waals surface area contributed by atoms with Crippen molar-refractivity contribution in [2.24, 2.45) is 0 Å². The first-order chi connectivity index (χ1) is 10.6. The second-order valence-corrected chi connectivity index (χ2v) is 4.30. The molecule has 0 spiro atoms. The number of esters is 1. The fourth-order valence-electron chi connectivity index (χ4n) is 1.72. The third-order valence-electron chi connectivity index (χ3n) is 2.69. The smallest absolute Gasteiger partial charge is 0.360 e.